The molecule has 0 radical (unpaired) electrons. The van der Waals surface area contributed by atoms with Crippen molar-refractivity contribution in [2.45, 2.75) is 24.7 Å². The molecule has 1 aromatic rings. The van der Waals surface area contributed by atoms with Gasteiger partial charge in [0.15, 0.2) is 0 Å². The summed E-state index contributed by atoms with van der Waals surface area (Å²) in [5.74, 6) is -1.16. The molecule has 0 heterocycles. The number of carbonyl (C=O) groups is 1. The van der Waals surface area contributed by atoms with Crippen LogP contribution >= 0.6 is 11.8 Å². The third-order valence-electron chi connectivity index (χ3n) is 2.96. The molecule has 2 N–H and O–H groups in total. The van der Waals surface area contributed by atoms with E-state index in [2.05, 4.69) is 5.32 Å². The number of thioether (sulfide) groups is 1. The highest BCUT2D eigenvalue weighted by atomic mass is 32.2. The number of halogens is 2. The standard InChI is InChI=1S/C14H19F2NO2S/c1-2-10(5-6-18)8-17-14(19)9-20-13-4-3-11(15)7-12(13)16/h3-4,7,10,18H,2,5-6,8-9H2,1H3,(H,17,19). The molecule has 0 aliphatic carbocycles. The number of aliphatic hydroxyl groups excluding tert-OH is 1. The molecule has 0 aromatic heterocycles. The second-order valence-electron chi connectivity index (χ2n) is 4.45. The molecule has 0 fully saturated rings. The molecule has 0 saturated carbocycles. The number of carbonyl (C=O) groups excluding carboxylic acids is 1. The molecule has 0 bridgehead atoms. The van der Waals surface area contributed by atoms with Crippen LogP contribution in [0.15, 0.2) is 23.1 Å². The highest BCUT2D eigenvalue weighted by molar-refractivity contribution is 8.00. The number of benzene rings is 1. The molecule has 6 heteroatoms. The summed E-state index contributed by atoms with van der Waals surface area (Å²) in [6, 6.07) is 3.29. The quantitative estimate of drug-likeness (QED) is 0.726. The van der Waals surface area contributed by atoms with Crippen LogP contribution in [0.3, 0.4) is 0 Å². The van der Waals surface area contributed by atoms with Crippen molar-refractivity contribution in [3.63, 3.8) is 0 Å². The Bertz CT molecular complexity index is 443. The minimum absolute atomic E-state index is 0.0815. The normalized spacial score (nSPS) is 12.2. The Morgan fingerprint density at radius 2 is 2.20 bits per heavy atom. The van der Waals surface area contributed by atoms with E-state index in [-0.39, 0.29) is 29.1 Å². The fourth-order valence-electron chi connectivity index (χ4n) is 1.68. The number of aliphatic hydroxyl groups is 1. The minimum atomic E-state index is -0.658. The van der Waals surface area contributed by atoms with Gasteiger partial charge in [-0.3, -0.25) is 4.79 Å². The molecule has 1 unspecified atom stereocenters. The minimum Gasteiger partial charge on any atom is -0.396 e. The van der Waals surface area contributed by atoms with Gasteiger partial charge in [0.05, 0.1) is 5.75 Å². The maximum atomic E-state index is 13.3. The van der Waals surface area contributed by atoms with Gasteiger partial charge >= 0.3 is 0 Å². The lowest BCUT2D eigenvalue weighted by Crippen LogP contribution is -2.30. The maximum Gasteiger partial charge on any atom is 0.230 e. The Hall–Kier alpha value is -1.14. The average Bonchev–Trinajstić information content (AvgIpc) is 2.42. The first-order chi connectivity index (χ1) is 9.56. The largest absolute Gasteiger partial charge is 0.396 e. The molecular formula is C14H19F2NO2S. The van der Waals surface area contributed by atoms with Crippen LogP contribution < -0.4 is 5.32 Å². The van der Waals surface area contributed by atoms with Gasteiger partial charge < -0.3 is 10.4 Å². The van der Waals surface area contributed by atoms with Crippen LogP contribution in [-0.4, -0.2) is 29.9 Å². The summed E-state index contributed by atoms with van der Waals surface area (Å²) in [5.41, 5.74) is 0. The van der Waals surface area contributed by atoms with E-state index in [9.17, 15) is 13.6 Å². The molecule has 1 rings (SSSR count). The maximum absolute atomic E-state index is 13.3. The molecule has 1 aromatic carbocycles. The van der Waals surface area contributed by atoms with Crippen molar-refractivity contribution in [2.75, 3.05) is 18.9 Å². The second-order valence-corrected chi connectivity index (χ2v) is 5.47. The van der Waals surface area contributed by atoms with Gasteiger partial charge in [0, 0.05) is 24.1 Å². The lowest BCUT2D eigenvalue weighted by Gasteiger charge is -2.14. The van der Waals surface area contributed by atoms with E-state index in [0.717, 1.165) is 30.3 Å². The van der Waals surface area contributed by atoms with Crippen molar-refractivity contribution < 1.29 is 18.7 Å². The van der Waals surface area contributed by atoms with Crippen molar-refractivity contribution in [3.05, 3.63) is 29.8 Å². The van der Waals surface area contributed by atoms with Gasteiger partial charge in [-0.1, -0.05) is 13.3 Å². The van der Waals surface area contributed by atoms with Gasteiger partial charge in [-0.15, -0.1) is 11.8 Å². The Morgan fingerprint density at radius 3 is 2.80 bits per heavy atom. The lowest BCUT2D eigenvalue weighted by molar-refractivity contribution is -0.118. The van der Waals surface area contributed by atoms with Gasteiger partial charge in [0.25, 0.3) is 0 Å². The van der Waals surface area contributed by atoms with Crippen molar-refractivity contribution in [1.29, 1.82) is 0 Å². The van der Waals surface area contributed by atoms with E-state index in [1.807, 2.05) is 6.92 Å². The SMILES string of the molecule is CCC(CCO)CNC(=O)CSc1ccc(F)cc1F. The zero-order chi connectivity index (χ0) is 15.0. The summed E-state index contributed by atoms with van der Waals surface area (Å²) < 4.78 is 26.1. The van der Waals surface area contributed by atoms with E-state index >= 15 is 0 Å². The van der Waals surface area contributed by atoms with Gasteiger partial charge in [0.1, 0.15) is 11.6 Å². The highest BCUT2D eigenvalue weighted by Gasteiger charge is 2.10. The van der Waals surface area contributed by atoms with Crippen molar-refractivity contribution in [2.24, 2.45) is 5.92 Å². The van der Waals surface area contributed by atoms with Gasteiger partial charge in [-0.25, -0.2) is 8.78 Å². The first kappa shape index (κ1) is 16.9. The van der Waals surface area contributed by atoms with Crippen LogP contribution in [0.4, 0.5) is 8.78 Å². The summed E-state index contributed by atoms with van der Waals surface area (Å²) in [7, 11) is 0. The smallest absolute Gasteiger partial charge is 0.230 e. The molecule has 0 saturated heterocycles. The molecule has 0 aliphatic rings. The van der Waals surface area contributed by atoms with Crippen molar-refractivity contribution >= 4 is 17.7 Å². The fraction of sp³-hybridized carbons (Fsp3) is 0.500. The zero-order valence-corrected chi connectivity index (χ0v) is 12.2. The molecular weight excluding hydrogens is 284 g/mol. The molecule has 3 nitrogen and oxygen atoms in total. The number of hydrogen-bond acceptors (Lipinski definition) is 3. The zero-order valence-electron chi connectivity index (χ0n) is 11.4. The Morgan fingerprint density at radius 1 is 1.45 bits per heavy atom. The molecule has 0 aliphatic heterocycles. The van der Waals surface area contributed by atoms with Crippen LogP contribution in [0.2, 0.25) is 0 Å². The number of nitrogens with one attached hydrogen (secondary N) is 1. The second kappa shape index (κ2) is 8.92. The summed E-state index contributed by atoms with van der Waals surface area (Å²) >= 11 is 1.03. The van der Waals surface area contributed by atoms with Crippen LogP contribution in [-0.2, 0) is 4.79 Å². The van der Waals surface area contributed by atoms with E-state index < -0.39 is 11.6 Å². The Labute approximate surface area is 121 Å². The fourth-order valence-corrected chi connectivity index (χ4v) is 2.43. The highest BCUT2D eigenvalue weighted by Crippen LogP contribution is 2.22. The third kappa shape index (κ3) is 5.88. The Balaban J connectivity index is 2.36. The number of hydrogen-bond donors (Lipinski definition) is 2. The first-order valence-electron chi connectivity index (χ1n) is 6.52. The molecule has 1 amide bonds. The van der Waals surface area contributed by atoms with Crippen molar-refractivity contribution in [1.82, 2.24) is 5.32 Å². The molecule has 112 valence electrons. The lowest BCUT2D eigenvalue weighted by atomic mass is 10.0. The predicted octanol–water partition coefficient (Wildman–Crippen LogP) is 2.58. The third-order valence-corrected chi connectivity index (χ3v) is 4.00. The Kier molecular flexibility index (Phi) is 7.54. The predicted molar refractivity (Wildman–Crippen MR) is 75.6 cm³/mol. The molecule has 0 spiro atoms. The molecule has 1 atom stereocenters. The average molecular weight is 303 g/mol. The van der Waals surface area contributed by atoms with Crippen LogP contribution in [0.25, 0.3) is 0 Å². The first-order valence-corrected chi connectivity index (χ1v) is 7.50. The number of amides is 1. The number of rotatable bonds is 8. The van der Waals surface area contributed by atoms with E-state index in [1.165, 1.54) is 6.07 Å². The van der Waals surface area contributed by atoms with Gasteiger partial charge in [-0.05, 0) is 24.5 Å². The van der Waals surface area contributed by atoms with Gasteiger partial charge in [-0.2, -0.15) is 0 Å². The van der Waals surface area contributed by atoms with E-state index in [1.54, 1.807) is 0 Å². The summed E-state index contributed by atoms with van der Waals surface area (Å²) in [4.78, 5) is 11.9. The van der Waals surface area contributed by atoms with E-state index in [0.29, 0.717) is 13.0 Å². The summed E-state index contributed by atoms with van der Waals surface area (Å²) in [6.45, 7) is 2.60. The summed E-state index contributed by atoms with van der Waals surface area (Å²) in [5, 5.41) is 11.6. The monoisotopic (exact) mass is 303 g/mol. The summed E-state index contributed by atoms with van der Waals surface area (Å²) in [6.07, 6.45) is 1.52. The topological polar surface area (TPSA) is 49.3 Å². The van der Waals surface area contributed by atoms with Crippen LogP contribution in [0.1, 0.15) is 19.8 Å². The van der Waals surface area contributed by atoms with Crippen LogP contribution in [0, 0.1) is 17.6 Å². The van der Waals surface area contributed by atoms with Crippen LogP contribution in [0.5, 0.6) is 0 Å². The van der Waals surface area contributed by atoms with E-state index in [4.69, 9.17) is 5.11 Å². The van der Waals surface area contributed by atoms with Crippen molar-refractivity contribution in [3.8, 4) is 0 Å². The molecule has 20 heavy (non-hydrogen) atoms. The van der Waals surface area contributed by atoms with Gasteiger partial charge in [0.2, 0.25) is 5.91 Å².